The fourth-order valence-electron chi connectivity index (χ4n) is 3.42. The quantitative estimate of drug-likeness (QED) is 0.439. The number of hydrogen-bond donors (Lipinski definition) is 1. The Kier molecular flexibility index (Phi) is 5.71. The molecule has 11 heteroatoms. The first-order valence-electron chi connectivity index (χ1n) is 8.66. The molecule has 1 aliphatic rings. The summed E-state index contributed by atoms with van der Waals surface area (Å²) >= 11 is 5.84. The van der Waals surface area contributed by atoms with Gasteiger partial charge in [0.2, 0.25) is 11.8 Å². The zero-order chi connectivity index (χ0) is 22.2. The van der Waals surface area contributed by atoms with Crippen molar-refractivity contribution >= 4 is 34.8 Å². The monoisotopic (exact) mass is 441 g/mol. The first kappa shape index (κ1) is 21.6. The van der Waals surface area contributed by atoms with E-state index in [0.29, 0.717) is 5.56 Å². The third kappa shape index (κ3) is 4.09. The summed E-state index contributed by atoms with van der Waals surface area (Å²) in [5.41, 5.74) is -1.16. The van der Waals surface area contributed by atoms with Crippen molar-refractivity contribution in [2.75, 3.05) is 18.9 Å². The Morgan fingerprint density at radius 3 is 2.43 bits per heavy atom. The lowest BCUT2D eigenvalue weighted by molar-refractivity contribution is -0.383. The molecule has 0 spiro atoms. The van der Waals surface area contributed by atoms with Gasteiger partial charge in [0.05, 0.1) is 10.5 Å². The molecule has 0 saturated carbocycles. The van der Waals surface area contributed by atoms with Gasteiger partial charge in [-0.3, -0.25) is 19.7 Å². The van der Waals surface area contributed by atoms with Crippen molar-refractivity contribution in [2.45, 2.75) is 12.1 Å². The van der Waals surface area contributed by atoms with Gasteiger partial charge in [0.15, 0.2) is 0 Å². The number of rotatable bonds is 4. The molecule has 158 valence electrons. The number of para-hydroxylation sites is 1. The zero-order valence-corrected chi connectivity index (χ0v) is 16.2. The summed E-state index contributed by atoms with van der Waals surface area (Å²) in [5, 5.41) is 13.4. The van der Waals surface area contributed by atoms with E-state index >= 15 is 0 Å². The number of alkyl halides is 3. The van der Waals surface area contributed by atoms with Crippen molar-refractivity contribution in [3.8, 4) is 0 Å². The number of likely N-dealkylation sites (tertiary alicyclic amines) is 1. The Hall–Kier alpha value is -3.14. The fraction of sp³-hybridized carbons (Fsp3) is 0.263. The minimum atomic E-state index is -4.51. The molecule has 3 rings (SSSR count). The Balaban J connectivity index is 1.91. The molecule has 1 aliphatic heterocycles. The molecule has 0 aromatic heterocycles. The summed E-state index contributed by atoms with van der Waals surface area (Å²) in [7, 11) is 1.47. The van der Waals surface area contributed by atoms with Crippen molar-refractivity contribution in [3.05, 3.63) is 68.7 Å². The molecule has 0 bridgehead atoms. The second kappa shape index (κ2) is 7.94. The van der Waals surface area contributed by atoms with E-state index < -0.39 is 46.0 Å². The van der Waals surface area contributed by atoms with Crippen molar-refractivity contribution in [1.82, 2.24) is 4.90 Å². The van der Waals surface area contributed by atoms with Crippen LogP contribution in [-0.4, -0.2) is 35.2 Å². The standard InChI is InChI=1S/C19H15ClF3N3O4/c1-25-9-12(10-5-7-11(8-6-10)19(21,22)23)15(18(25)28)17(27)24-14-4-2-3-13(20)16(14)26(29)30/h2-8,12,15H,9H2,1H3,(H,24,27)/t12-,15+/m0/s1. The Morgan fingerprint density at radius 2 is 1.87 bits per heavy atom. The van der Waals surface area contributed by atoms with E-state index in [4.69, 9.17) is 11.6 Å². The topological polar surface area (TPSA) is 92.6 Å². The summed E-state index contributed by atoms with van der Waals surface area (Å²) in [6.45, 7) is 0.111. The van der Waals surface area contributed by atoms with Gasteiger partial charge >= 0.3 is 11.9 Å². The van der Waals surface area contributed by atoms with Crippen molar-refractivity contribution in [1.29, 1.82) is 0 Å². The smallest absolute Gasteiger partial charge is 0.344 e. The maximum absolute atomic E-state index is 12.9. The van der Waals surface area contributed by atoms with Crippen LogP contribution in [0.15, 0.2) is 42.5 Å². The Bertz CT molecular complexity index is 1010. The normalized spacial score (nSPS) is 19.1. The van der Waals surface area contributed by atoms with E-state index in [1.807, 2.05) is 0 Å². The lowest BCUT2D eigenvalue weighted by Crippen LogP contribution is -2.32. The number of nitro benzene ring substituents is 1. The molecular formula is C19H15ClF3N3O4. The van der Waals surface area contributed by atoms with Crippen LogP contribution in [0.2, 0.25) is 5.02 Å². The number of anilines is 1. The number of nitrogens with one attached hydrogen (secondary N) is 1. The van der Waals surface area contributed by atoms with Gasteiger partial charge in [0.25, 0.3) is 0 Å². The molecule has 2 atom stereocenters. The van der Waals surface area contributed by atoms with E-state index in [0.717, 1.165) is 12.1 Å². The van der Waals surface area contributed by atoms with E-state index in [-0.39, 0.29) is 17.3 Å². The highest BCUT2D eigenvalue weighted by atomic mass is 35.5. The number of hydrogen-bond acceptors (Lipinski definition) is 4. The average Bonchev–Trinajstić information content (AvgIpc) is 2.96. The van der Waals surface area contributed by atoms with Crippen LogP contribution in [-0.2, 0) is 15.8 Å². The van der Waals surface area contributed by atoms with Gasteiger partial charge in [-0.1, -0.05) is 29.8 Å². The minimum absolute atomic E-state index is 0.111. The van der Waals surface area contributed by atoms with Gasteiger partial charge < -0.3 is 10.2 Å². The predicted octanol–water partition coefficient (Wildman–Crippen LogP) is 4.08. The van der Waals surface area contributed by atoms with E-state index in [1.54, 1.807) is 0 Å². The third-order valence-electron chi connectivity index (χ3n) is 4.89. The molecule has 7 nitrogen and oxygen atoms in total. The number of halogens is 4. The molecular weight excluding hydrogens is 427 g/mol. The molecule has 0 radical (unpaired) electrons. The number of nitro groups is 1. The van der Waals surface area contributed by atoms with Crippen LogP contribution in [0.1, 0.15) is 17.0 Å². The summed E-state index contributed by atoms with van der Waals surface area (Å²) in [6, 6.07) is 8.18. The molecule has 0 unspecified atom stereocenters. The molecule has 2 aromatic rings. The van der Waals surface area contributed by atoms with Gasteiger partial charge in [-0.05, 0) is 29.8 Å². The highest BCUT2D eigenvalue weighted by Gasteiger charge is 2.45. The second-order valence-electron chi connectivity index (χ2n) is 6.81. The van der Waals surface area contributed by atoms with Gasteiger partial charge in [-0.25, -0.2) is 0 Å². The fourth-order valence-corrected chi connectivity index (χ4v) is 3.67. The SMILES string of the molecule is CN1C[C@@H](c2ccc(C(F)(F)F)cc2)[C@H](C(=O)Nc2cccc(Cl)c2[N+](=O)[O-])C1=O. The number of carbonyl (C=O) groups is 2. The first-order valence-corrected chi connectivity index (χ1v) is 9.04. The summed E-state index contributed by atoms with van der Waals surface area (Å²) in [6.07, 6.45) is -4.51. The van der Waals surface area contributed by atoms with E-state index in [9.17, 15) is 32.9 Å². The van der Waals surface area contributed by atoms with Crippen molar-refractivity contribution in [3.63, 3.8) is 0 Å². The van der Waals surface area contributed by atoms with Crippen molar-refractivity contribution < 1.29 is 27.7 Å². The lowest BCUT2D eigenvalue weighted by Gasteiger charge is -2.18. The molecule has 1 fully saturated rings. The van der Waals surface area contributed by atoms with Crippen LogP contribution in [0.4, 0.5) is 24.5 Å². The molecule has 1 saturated heterocycles. The van der Waals surface area contributed by atoms with Crippen LogP contribution < -0.4 is 5.32 Å². The highest BCUT2D eigenvalue weighted by Crippen LogP contribution is 2.38. The molecule has 1 N–H and O–H groups in total. The second-order valence-corrected chi connectivity index (χ2v) is 7.21. The predicted molar refractivity (Wildman–Crippen MR) is 102 cm³/mol. The molecule has 2 amide bonds. The van der Waals surface area contributed by atoms with E-state index in [2.05, 4.69) is 5.32 Å². The number of nitrogens with zero attached hydrogens (tertiary/aromatic N) is 2. The molecule has 2 aromatic carbocycles. The van der Waals surface area contributed by atoms with Crippen LogP contribution in [0.5, 0.6) is 0 Å². The Morgan fingerprint density at radius 1 is 1.23 bits per heavy atom. The maximum Gasteiger partial charge on any atom is 0.416 e. The number of carbonyl (C=O) groups excluding carboxylic acids is 2. The first-order chi connectivity index (χ1) is 14.0. The maximum atomic E-state index is 12.9. The van der Waals surface area contributed by atoms with Gasteiger partial charge in [0.1, 0.15) is 16.6 Å². The van der Waals surface area contributed by atoms with Crippen LogP contribution in [0, 0.1) is 16.0 Å². The van der Waals surface area contributed by atoms with Gasteiger partial charge in [-0.15, -0.1) is 0 Å². The zero-order valence-electron chi connectivity index (χ0n) is 15.4. The molecule has 30 heavy (non-hydrogen) atoms. The summed E-state index contributed by atoms with van der Waals surface area (Å²) in [5.74, 6) is -3.32. The third-order valence-corrected chi connectivity index (χ3v) is 5.20. The summed E-state index contributed by atoms with van der Waals surface area (Å²) in [4.78, 5) is 37.2. The van der Waals surface area contributed by atoms with Gasteiger partial charge in [-0.2, -0.15) is 13.2 Å². The minimum Gasteiger partial charge on any atom is -0.344 e. The van der Waals surface area contributed by atoms with Crippen molar-refractivity contribution in [2.24, 2.45) is 5.92 Å². The number of amides is 2. The highest BCUT2D eigenvalue weighted by molar-refractivity contribution is 6.33. The summed E-state index contributed by atoms with van der Waals surface area (Å²) < 4.78 is 38.4. The largest absolute Gasteiger partial charge is 0.416 e. The number of benzene rings is 2. The Labute approximate surface area is 173 Å². The van der Waals surface area contributed by atoms with Crippen LogP contribution in [0.25, 0.3) is 0 Å². The number of likely N-dealkylation sites (N-methyl/N-ethyl adjacent to an activating group) is 1. The van der Waals surface area contributed by atoms with Crippen LogP contribution in [0.3, 0.4) is 0 Å². The lowest BCUT2D eigenvalue weighted by atomic mass is 9.87. The molecule has 0 aliphatic carbocycles. The molecule has 1 heterocycles. The van der Waals surface area contributed by atoms with Gasteiger partial charge in [0, 0.05) is 19.5 Å². The van der Waals surface area contributed by atoms with Crippen LogP contribution >= 0.6 is 11.6 Å². The van der Waals surface area contributed by atoms with E-state index in [1.165, 1.54) is 42.3 Å². The average molecular weight is 442 g/mol.